The summed E-state index contributed by atoms with van der Waals surface area (Å²) in [6, 6.07) is 40.3. The Labute approximate surface area is 299 Å². The molecule has 9 heteroatoms. The van der Waals surface area contributed by atoms with E-state index in [0.29, 0.717) is 23.5 Å². The van der Waals surface area contributed by atoms with Crippen LogP contribution in [0.3, 0.4) is 0 Å². The van der Waals surface area contributed by atoms with E-state index in [1.165, 1.54) is 11.8 Å². The quantitative estimate of drug-likeness (QED) is 0.0600. The fraction of sp³-hybridized carbons (Fsp3) is 0.125. The summed E-state index contributed by atoms with van der Waals surface area (Å²) in [6.07, 6.45) is 3.66. The maximum Gasteiger partial charge on any atom is 0.272 e. The molecule has 0 aliphatic carbocycles. The van der Waals surface area contributed by atoms with E-state index in [0.717, 1.165) is 39.1 Å². The molecule has 5 aromatic carbocycles. The molecule has 7 nitrogen and oxygen atoms in total. The number of amides is 3. The second-order valence-corrected chi connectivity index (χ2v) is 13.1. The van der Waals surface area contributed by atoms with Gasteiger partial charge in [0.2, 0.25) is 5.91 Å². The Morgan fingerprint density at radius 2 is 1.49 bits per heavy atom. The number of rotatable bonds is 14. The predicted molar refractivity (Wildman–Crippen MR) is 202 cm³/mol. The van der Waals surface area contributed by atoms with Crippen molar-refractivity contribution in [2.45, 2.75) is 29.9 Å². The molecule has 248 valence electrons. The number of hydrogen-bond acceptors (Lipinski definition) is 5. The monoisotopic (exact) mass is 733 g/mol. The number of nitrogens with one attached hydrogen (secondary N) is 3. The molecule has 1 unspecified atom stereocenters. The third-order valence-corrected chi connectivity index (χ3v) is 9.00. The predicted octanol–water partition coefficient (Wildman–Crippen LogP) is 9.51. The second-order valence-electron chi connectivity index (χ2n) is 11.0. The molecule has 0 fully saturated rings. The highest BCUT2D eigenvalue weighted by Crippen LogP contribution is 2.37. The average Bonchev–Trinajstić information content (AvgIpc) is 3.12. The van der Waals surface area contributed by atoms with Gasteiger partial charge in [-0.3, -0.25) is 14.4 Å². The van der Waals surface area contributed by atoms with Crippen molar-refractivity contribution in [1.29, 1.82) is 0 Å². The molecule has 3 amide bonds. The number of anilines is 2. The van der Waals surface area contributed by atoms with Crippen LogP contribution in [0.15, 0.2) is 149 Å². The van der Waals surface area contributed by atoms with Gasteiger partial charge in [0.25, 0.3) is 11.8 Å². The number of unbranched alkanes of at least 4 members (excludes halogenated alkanes) is 1. The molecule has 0 saturated heterocycles. The van der Waals surface area contributed by atoms with Gasteiger partial charge in [-0.2, -0.15) is 0 Å². The maximum atomic E-state index is 13.7. The van der Waals surface area contributed by atoms with E-state index in [4.69, 9.17) is 4.74 Å². The van der Waals surface area contributed by atoms with Crippen molar-refractivity contribution in [2.24, 2.45) is 0 Å². The lowest BCUT2D eigenvalue weighted by Gasteiger charge is -2.18. The molecule has 0 bridgehead atoms. The Morgan fingerprint density at radius 3 is 2.20 bits per heavy atom. The van der Waals surface area contributed by atoms with E-state index in [1.54, 1.807) is 36.4 Å². The summed E-state index contributed by atoms with van der Waals surface area (Å²) in [5.41, 5.74) is 3.24. The van der Waals surface area contributed by atoms with Crippen LogP contribution in [-0.4, -0.2) is 24.3 Å². The van der Waals surface area contributed by atoms with E-state index in [9.17, 15) is 14.4 Å². The Bertz CT molecular complexity index is 1900. The van der Waals surface area contributed by atoms with Gasteiger partial charge >= 0.3 is 0 Å². The van der Waals surface area contributed by atoms with E-state index in [2.05, 4.69) is 38.8 Å². The first-order valence-corrected chi connectivity index (χ1v) is 17.6. The number of carbonyl (C=O) groups excluding carboxylic acids is 3. The molecule has 49 heavy (non-hydrogen) atoms. The zero-order chi connectivity index (χ0) is 34.4. The maximum absolute atomic E-state index is 13.7. The van der Waals surface area contributed by atoms with Gasteiger partial charge in [0.1, 0.15) is 16.7 Å². The first-order valence-electron chi connectivity index (χ1n) is 15.9. The lowest BCUT2D eigenvalue weighted by molar-refractivity contribution is -0.116. The molecule has 0 aromatic heterocycles. The minimum Gasteiger partial charge on any atom is -0.494 e. The van der Waals surface area contributed by atoms with Gasteiger partial charge in [0, 0.05) is 26.3 Å². The van der Waals surface area contributed by atoms with Crippen LogP contribution >= 0.6 is 27.7 Å². The molecule has 0 radical (unpaired) electrons. The standard InChI is InChI=1S/C40H36BrN3O4S/c1-2-3-24-48-34-22-20-32(21-23-34)42-40(47)37(29-13-6-4-7-14-29)49-35-19-11-18-33(27-35)43-39(46)36(26-28-12-10-17-31(41)25-28)44-38(45)30-15-8-5-9-16-30/h4-23,25-27,37H,2-3,24H2,1H3,(H,42,47)(H,43,46)(H,44,45)/b36-26+. The molecule has 0 aliphatic rings. The highest BCUT2D eigenvalue weighted by molar-refractivity contribution is 9.10. The molecule has 1 atom stereocenters. The van der Waals surface area contributed by atoms with Crippen LogP contribution in [0.1, 0.15) is 46.5 Å². The zero-order valence-electron chi connectivity index (χ0n) is 26.9. The minimum absolute atomic E-state index is 0.0772. The van der Waals surface area contributed by atoms with E-state index < -0.39 is 17.1 Å². The third kappa shape index (κ3) is 10.7. The summed E-state index contributed by atoms with van der Waals surface area (Å²) < 4.78 is 6.59. The number of thioether (sulfide) groups is 1. The summed E-state index contributed by atoms with van der Waals surface area (Å²) in [5.74, 6) is -0.329. The van der Waals surface area contributed by atoms with Crippen LogP contribution in [-0.2, 0) is 9.59 Å². The molecule has 0 aliphatic heterocycles. The summed E-state index contributed by atoms with van der Waals surface area (Å²) in [5, 5.41) is 8.15. The SMILES string of the molecule is CCCCOc1ccc(NC(=O)C(Sc2cccc(NC(=O)/C(=C\c3cccc(Br)c3)NC(=O)c3ccccc3)c2)c2ccccc2)cc1. The topological polar surface area (TPSA) is 96.5 Å². The summed E-state index contributed by atoms with van der Waals surface area (Å²) in [7, 11) is 0. The number of carbonyl (C=O) groups is 3. The van der Waals surface area contributed by atoms with Crippen LogP contribution in [0.4, 0.5) is 11.4 Å². The fourth-order valence-electron chi connectivity index (χ4n) is 4.76. The molecular formula is C40H36BrN3O4S. The van der Waals surface area contributed by atoms with Crippen molar-refractivity contribution in [3.05, 3.63) is 160 Å². The average molecular weight is 735 g/mol. The molecule has 5 aromatic rings. The largest absolute Gasteiger partial charge is 0.494 e. The highest BCUT2D eigenvalue weighted by Gasteiger charge is 2.23. The number of ether oxygens (including phenoxy) is 1. The first-order chi connectivity index (χ1) is 23.9. The number of hydrogen-bond donors (Lipinski definition) is 3. The van der Waals surface area contributed by atoms with Crippen LogP contribution in [0.25, 0.3) is 6.08 Å². The molecule has 0 heterocycles. The summed E-state index contributed by atoms with van der Waals surface area (Å²) in [6.45, 7) is 2.77. The van der Waals surface area contributed by atoms with Gasteiger partial charge in [-0.05, 0) is 90.4 Å². The van der Waals surface area contributed by atoms with E-state index in [1.807, 2.05) is 103 Å². The van der Waals surface area contributed by atoms with Crippen LogP contribution in [0, 0.1) is 0 Å². The highest BCUT2D eigenvalue weighted by atomic mass is 79.9. The van der Waals surface area contributed by atoms with Crippen molar-refractivity contribution in [3.63, 3.8) is 0 Å². The van der Waals surface area contributed by atoms with Gasteiger partial charge in [-0.25, -0.2) is 0 Å². The molecule has 3 N–H and O–H groups in total. The van der Waals surface area contributed by atoms with Gasteiger partial charge in [-0.15, -0.1) is 11.8 Å². The molecular weight excluding hydrogens is 698 g/mol. The molecule has 5 rings (SSSR count). The van der Waals surface area contributed by atoms with E-state index >= 15 is 0 Å². The van der Waals surface area contributed by atoms with Crippen molar-refractivity contribution in [3.8, 4) is 5.75 Å². The van der Waals surface area contributed by atoms with Crippen molar-refractivity contribution < 1.29 is 19.1 Å². The Morgan fingerprint density at radius 1 is 0.776 bits per heavy atom. The van der Waals surface area contributed by atoms with E-state index in [-0.39, 0.29) is 11.6 Å². The Balaban J connectivity index is 1.33. The molecule has 0 spiro atoms. The number of halogens is 1. The third-order valence-electron chi connectivity index (χ3n) is 7.26. The minimum atomic E-state index is -0.579. The lowest BCUT2D eigenvalue weighted by atomic mass is 10.1. The van der Waals surface area contributed by atoms with Crippen molar-refractivity contribution in [1.82, 2.24) is 5.32 Å². The normalized spacial score (nSPS) is 11.7. The summed E-state index contributed by atoms with van der Waals surface area (Å²) >= 11 is 4.83. The van der Waals surface area contributed by atoms with Crippen molar-refractivity contribution in [2.75, 3.05) is 17.2 Å². The lowest BCUT2D eigenvalue weighted by Crippen LogP contribution is -2.30. The van der Waals surface area contributed by atoms with Crippen LogP contribution < -0.4 is 20.7 Å². The Hall–Kier alpha value is -5.12. The zero-order valence-corrected chi connectivity index (χ0v) is 29.3. The van der Waals surface area contributed by atoms with Gasteiger partial charge in [0.05, 0.1) is 6.61 Å². The van der Waals surface area contributed by atoms with Crippen LogP contribution in [0.2, 0.25) is 0 Å². The summed E-state index contributed by atoms with van der Waals surface area (Å²) in [4.78, 5) is 41.2. The first kappa shape index (κ1) is 35.2. The van der Waals surface area contributed by atoms with Crippen LogP contribution in [0.5, 0.6) is 5.75 Å². The van der Waals surface area contributed by atoms with Gasteiger partial charge < -0.3 is 20.7 Å². The van der Waals surface area contributed by atoms with Crippen molar-refractivity contribution >= 4 is 62.9 Å². The fourth-order valence-corrected chi connectivity index (χ4v) is 6.26. The molecule has 0 saturated carbocycles. The van der Waals surface area contributed by atoms with Gasteiger partial charge in [-0.1, -0.05) is 96.0 Å². The van der Waals surface area contributed by atoms with Gasteiger partial charge in [0.15, 0.2) is 0 Å². The smallest absolute Gasteiger partial charge is 0.272 e. The number of benzene rings is 5. The Kier molecular flexibility index (Phi) is 12.8. The second kappa shape index (κ2) is 17.9.